The monoisotopic (exact) mass is 526 g/mol. The zero-order valence-corrected chi connectivity index (χ0v) is 21.9. The molecule has 2 amide bonds. The van der Waals surface area contributed by atoms with Gasteiger partial charge in [0.1, 0.15) is 12.1 Å². The highest BCUT2D eigenvalue weighted by Crippen LogP contribution is 2.31. The number of aryl methyl sites for hydroxylation is 2. The van der Waals surface area contributed by atoms with Crippen molar-refractivity contribution >= 4 is 23.7 Å². The van der Waals surface area contributed by atoms with Gasteiger partial charge in [-0.15, -0.1) is 0 Å². The summed E-state index contributed by atoms with van der Waals surface area (Å²) in [7, 11) is 1.76. The van der Waals surface area contributed by atoms with Gasteiger partial charge in [-0.1, -0.05) is 72.8 Å². The van der Waals surface area contributed by atoms with Crippen LogP contribution in [0.2, 0.25) is 0 Å². The van der Waals surface area contributed by atoms with Crippen molar-refractivity contribution in [3.63, 3.8) is 0 Å². The van der Waals surface area contributed by atoms with Gasteiger partial charge in [-0.05, 0) is 37.1 Å². The SMILES string of the molecule is Cc1nn(C)c(-c2ccc(C(=O)N[C@H](Cc3ccccc3)C(=O)O)cc2)c1NC(=O)O[C@H](C)c1ccccc1. The van der Waals surface area contributed by atoms with E-state index in [0.29, 0.717) is 28.2 Å². The Balaban J connectivity index is 1.47. The molecular weight excluding hydrogens is 496 g/mol. The quantitative estimate of drug-likeness (QED) is 0.278. The minimum Gasteiger partial charge on any atom is -0.480 e. The smallest absolute Gasteiger partial charge is 0.412 e. The largest absolute Gasteiger partial charge is 0.480 e. The standard InChI is InChI=1S/C30H30N4O5/c1-19-26(32-30(38)39-20(2)22-12-8-5-9-13-22)27(34(3)33-19)23-14-16-24(17-15-23)28(35)31-25(29(36)37)18-21-10-6-4-7-11-21/h4-17,20,25H,18H2,1-3H3,(H,31,35)(H,32,38)(H,36,37)/t20-,25-/m1/s1. The maximum absolute atomic E-state index is 12.8. The van der Waals surface area contributed by atoms with Crippen LogP contribution in [-0.4, -0.2) is 38.9 Å². The van der Waals surface area contributed by atoms with E-state index in [-0.39, 0.29) is 6.42 Å². The second-order valence-corrected chi connectivity index (χ2v) is 9.15. The van der Waals surface area contributed by atoms with Crippen LogP contribution in [0, 0.1) is 6.92 Å². The van der Waals surface area contributed by atoms with E-state index in [0.717, 1.165) is 11.1 Å². The van der Waals surface area contributed by atoms with E-state index >= 15 is 0 Å². The topological polar surface area (TPSA) is 123 Å². The molecule has 0 saturated heterocycles. The highest BCUT2D eigenvalue weighted by Gasteiger charge is 2.23. The molecule has 200 valence electrons. The summed E-state index contributed by atoms with van der Waals surface area (Å²) in [5.74, 6) is -1.61. The van der Waals surface area contributed by atoms with Crippen molar-refractivity contribution in [2.24, 2.45) is 7.05 Å². The predicted octanol–water partition coefficient (Wildman–Crippen LogP) is 5.13. The van der Waals surface area contributed by atoms with Crippen molar-refractivity contribution in [2.75, 3.05) is 5.32 Å². The van der Waals surface area contributed by atoms with Crippen LogP contribution in [0.4, 0.5) is 10.5 Å². The number of rotatable bonds is 9. The fourth-order valence-electron chi connectivity index (χ4n) is 4.29. The Kier molecular flexibility index (Phi) is 8.40. The highest BCUT2D eigenvalue weighted by molar-refractivity contribution is 5.97. The molecule has 0 aliphatic heterocycles. The van der Waals surface area contributed by atoms with Gasteiger partial charge in [-0.3, -0.25) is 14.8 Å². The number of anilines is 1. The van der Waals surface area contributed by atoms with E-state index in [2.05, 4.69) is 15.7 Å². The molecule has 1 heterocycles. The van der Waals surface area contributed by atoms with E-state index in [1.165, 1.54) is 0 Å². The summed E-state index contributed by atoms with van der Waals surface area (Å²) in [5.41, 5.74) is 4.43. The van der Waals surface area contributed by atoms with Gasteiger partial charge in [-0.2, -0.15) is 5.10 Å². The fraction of sp³-hybridized carbons (Fsp3) is 0.200. The third kappa shape index (κ3) is 6.70. The number of carbonyl (C=O) groups is 3. The van der Waals surface area contributed by atoms with Crippen LogP contribution in [0.5, 0.6) is 0 Å². The van der Waals surface area contributed by atoms with Crippen LogP contribution in [0.1, 0.15) is 40.2 Å². The van der Waals surface area contributed by atoms with Crippen molar-refractivity contribution in [1.29, 1.82) is 0 Å². The number of hydrogen-bond acceptors (Lipinski definition) is 5. The summed E-state index contributed by atoms with van der Waals surface area (Å²) >= 11 is 0. The Morgan fingerprint density at radius 1 is 0.949 bits per heavy atom. The summed E-state index contributed by atoms with van der Waals surface area (Å²) in [6.45, 7) is 3.57. The molecule has 0 unspecified atom stereocenters. The Labute approximate surface area is 226 Å². The highest BCUT2D eigenvalue weighted by atomic mass is 16.6. The maximum atomic E-state index is 12.8. The lowest BCUT2D eigenvalue weighted by atomic mass is 10.0. The lowest BCUT2D eigenvalue weighted by molar-refractivity contribution is -0.139. The summed E-state index contributed by atoms with van der Waals surface area (Å²) in [5, 5.41) is 19.4. The second-order valence-electron chi connectivity index (χ2n) is 9.15. The molecule has 0 bridgehead atoms. The molecule has 3 N–H and O–H groups in total. The van der Waals surface area contributed by atoms with Gasteiger partial charge in [0.2, 0.25) is 0 Å². The first-order chi connectivity index (χ1) is 18.7. The van der Waals surface area contributed by atoms with Crippen LogP contribution in [0.15, 0.2) is 84.9 Å². The molecule has 4 aromatic rings. The molecule has 0 radical (unpaired) electrons. The molecule has 0 fully saturated rings. The Morgan fingerprint density at radius 3 is 2.18 bits per heavy atom. The molecule has 4 rings (SSSR count). The molecule has 9 heteroatoms. The number of carbonyl (C=O) groups excluding carboxylic acids is 2. The molecule has 0 aliphatic carbocycles. The van der Waals surface area contributed by atoms with E-state index in [1.807, 2.05) is 60.7 Å². The number of nitrogens with zero attached hydrogens (tertiary/aromatic N) is 2. The molecule has 3 aromatic carbocycles. The van der Waals surface area contributed by atoms with Crippen molar-refractivity contribution in [3.05, 3.63) is 107 Å². The number of ether oxygens (including phenoxy) is 1. The van der Waals surface area contributed by atoms with Gasteiger partial charge in [0.25, 0.3) is 5.91 Å². The van der Waals surface area contributed by atoms with Crippen molar-refractivity contribution in [1.82, 2.24) is 15.1 Å². The molecule has 1 aromatic heterocycles. The van der Waals surface area contributed by atoms with Crippen LogP contribution >= 0.6 is 0 Å². The van der Waals surface area contributed by atoms with E-state index in [9.17, 15) is 19.5 Å². The van der Waals surface area contributed by atoms with Crippen molar-refractivity contribution < 1.29 is 24.2 Å². The minimum atomic E-state index is -1.11. The lowest BCUT2D eigenvalue weighted by Crippen LogP contribution is -2.42. The van der Waals surface area contributed by atoms with Crippen molar-refractivity contribution in [2.45, 2.75) is 32.4 Å². The number of nitrogens with one attached hydrogen (secondary N) is 2. The molecular formula is C30H30N4O5. The summed E-state index contributed by atoms with van der Waals surface area (Å²) in [4.78, 5) is 37.3. The zero-order chi connectivity index (χ0) is 27.9. The molecule has 0 spiro atoms. The summed E-state index contributed by atoms with van der Waals surface area (Å²) in [6.07, 6.45) is -0.888. The average molecular weight is 527 g/mol. The fourth-order valence-corrected chi connectivity index (χ4v) is 4.29. The van der Waals surface area contributed by atoms with Crippen LogP contribution in [-0.2, 0) is 23.0 Å². The zero-order valence-electron chi connectivity index (χ0n) is 21.9. The third-order valence-corrected chi connectivity index (χ3v) is 6.31. The predicted molar refractivity (Wildman–Crippen MR) is 147 cm³/mol. The maximum Gasteiger partial charge on any atom is 0.412 e. The molecule has 9 nitrogen and oxygen atoms in total. The van der Waals surface area contributed by atoms with Gasteiger partial charge >= 0.3 is 12.1 Å². The first kappa shape index (κ1) is 27.1. The number of aliphatic carboxylic acids is 1. The van der Waals surface area contributed by atoms with Gasteiger partial charge in [-0.25, -0.2) is 9.59 Å². The minimum absolute atomic E-state index is 0.169. The van der Waals surface area contributed by atoms with Gasteiger partial charge in [0.15, 0.2) is 0 Å². The molecule has 2 atom stereocenters. The van der Waals surface area contributed by atoms with Gasteiger partial charge in [0, 0.05) is 24.6 Å². The Hall–Kier alpha value is -4.92. The van der Waals surface area contributed by atoms with E-state index in [1.54, 1.807) is 49.8 Å². The van der Waals surface area contributed by atoms with Gasteiger partial charge < -0.3 is 15.2 Å². The number of carboxylic acids is 1. The molecule has 0 aliphatic rings. The number of aromatic nitrogens is 2. The van der Waals surface area contributed by atoms with Crippen LogP contribution in [0.3, 0.4) is 0 Å². The molecule has 39 heavy (non-hydrogen) atoms. The Morgan fingerprint density at radius 2 is 1.56 bits per heavy atom. The normalized spacial score (nSPS) is 12.3. The third-order valence-electron chi connectivity index (χ3n) is 6.31. The summed E-state index contributed by atoms with van der Waals surface area (Å²) < 4.78 is 7.20. The first-order valence-corrected chi connectivity index (χ1v) is 12.5. The van der Waals surface area contributed by atoms with Crippen LogP contribution in [0.25, 0.3) is 11.3 Å². The van der Waals surface area contributed by atoms with Gasteiger partial charge in [0.05, 0.1) is 17.1 Å². The van der Waals surface area contributed by atoms with E-state index in [4.69, 9.17) is 4.74 Å². The number of benzene rings is 3. The summed E-state index contributed by atoms with van der Waals surface area (Å²) in [6, 6.07) is 24.1. The number of amides is 2. The van der Waals surface area contributed by atoms with E-state index < -0.39 is 30.1 Å². The van der Waals surface area contributed by atoms with Crippen molar-refractivity contribution in [3.8, 4) is 11.3 Å². The number of hydrogen-bond donors (Lipinski definition) is 3. The second kappa shape index (κ2) is 12.1. The average Bonchev–Trinajstić information content (AvgIpc) is 3.21. The Bertz CT molecular complexity index is 1450. The first-order valence-electron chi connectivity index (χ1n) is 12.5. The number of carboxylic acid groups (broad SMARTS) is 1. The van der Waals surface area contributed by atoms with Crippen LogP contribution < -0.4 is 10.6 Å². The molecule has 0 saturated carbocycles. The lowest BCUT2D eigenvalue weighted by Gasteiger charge is -2.16.